The number of nitriles is 1. The zero-order chi connectivity index (χ0) is 17.8. The lowest BCUT2D eigenvalue weighted by atomic mass is 9.96. The van der Waals surface area contributed by atoms with Gasteiger partial charge < -0.3 is 14.4 Å². The third-order valence-electron chi connectivity index (χ3n) is 4.62. The summed E-state index contributed by atoms with van der Waals surface area (Å²) in [5.41, 5.74) is 1.07. The number of imidazole rings is 1. The van der Waals surface area contributed by atoms with E-state index in [1.807, 2.05) is 20.2 Å². The molecule has 0 saturated carbocycles. The van der Waals surface area contributed by atoms with E-state index in [4.69, 9.17) is 5.26 Å². The Morgan fingerprint density at radius 1 is 1.36 bits per heavy atom. The van der Waals surface area contributed by atoms with Gasteiger partial charge in [-0.1, -0.05) is 0 Å². The number of nitrogens with zero attached hydrogens (tertiary/aromatic N) is 6. The van der Waals surface area contributed by atoms with Crippen LogP contribution in [0.4, 0.5) is 5.82 Å². The SMILES string of the molecule is CN(CC1CCN(c2ccc(C#N)cn2)CC1)C(=O)c1cn(C)cn1. The van der Waals surface area contributed by atoms with E-state index >= 15 is 0 Å². The molecule has 0 spiro atoms. The predicted octanol–water partition coefficient (Wildman–Crippen LogP) is 1.68. The van der Waals surface area contributed by atoms with Crippen LogP contribution in [0.25, 0.3) is 0 Å². The maximum Gasteiger partial charge on any atom is 0.273 e. The topological polar surface area (TPSA) is 78.0 Å². The molecule has 7 nitrogen and oxygen atoms in total. The van der Waals surface area contributed by atoms with Crippen LogP contribution in [-0.2, 0) is 7.05 Å². The molecule has 3 heterocycles. The fourth-order valence-corrected chi connectivity index (χ4v) is 3.17. The Bertz CT molecular complexity index is 768. The average molecular weight is 338 g/mol. The number of piperidine rings is 1. The van der Waals surface area contributed by atoms with Gasteiger partial charge in [0.05, 0.1) is 11.9 Å². The molecule has 2 aromatic heterocycles. The number of carbonyl (C=O) groups is 1. The van der Waals surface area contributed by atoms with E-state index in [9.17, 15) is 4.79 Å². The Labute approximate surface area is 147 Å². The van der Waals surface area contributed by atoms with E-state index < -0.39 is 0 Å². The van der Waals surface area contributed by atoms with Gasteiger partial charge in [0, 0.05) is 46.1 Å². The lowest BCUT2D eigenvalue weighted by molar-refractivity contribution is 0.0759. The second-order valence-corrected chi connectivity index (χ2v) is 6.56. The summed E-state index contributed by atoms with van der Waals surface area (Å²) in [6.45, 7) is 2.56. The molecule has 7 heteroatoms. The number of pyridine rings is 1. The molecule has 1 saturated heterocycles. The van der Waals surface area contributed by atoms with Gasteiger partial charge >= 0.3 is 0 Å². The Morgan fingerprint density at radius 3 is 2.68 bits per heavy atom. The van der Waals surface area contributed by atoms with Crippen molar-refractivity contribution in [3.63, 3.8) is 0 Å². The van der Waals surface area contributed by atoms with Crippen molar-refractivity contribution in [3.05, 3.63) is 42.1 Å². The average Bonchev–Trinajstić information content (AvgIpc) is 3.08. The van der Waals surface area contributed by atoms with Crippen LogP contribution in [0.3, 0.4) is 0 Å². The van der Waals surface area contributed by atoms with Crippen LogP contribution in [0.1, 0.15) is 28.9 Å². The summed E-state index contributed by atoms with van der Waals surface area (Å²) in [4.78, 5) is 24.9. The third kappa shape index (κ3) is 3.97. The van der Waals surface area contributed by atoms with Crippen molar-refractivity contribution in [1.29, 1.82) is 5.26 Å². The maximum absolute atomic E-state index is 12.4. The van der Waals surface area contributed by atoms with Crippen LogP contribution < -0.4 is 4.90 Å². The number of hydrogen-bond donors (Lipinski definition) is 0. The standard InChI is InChI=1S/C18H22N6O/c1-22-12-16(21-13-22)18(25)23(2)11-14-5-7-24(8-6-14)17-4-3-15(9-19)10-20-17/h3-4,10,12-14H,5-8,11H2,1-2H3. The van der Waals surface area contributed by atoms with Crippen molar-refractivity contribution >= 4 is 11.7 Å². The van der Waals surface area contributed by atoms with Gasteiger partial charge in [0.2, 0.25) is 0 Å². The molecule has 3 rings (SSSR count). The number of aryl methyl sites for hydroxylation is 1. The highest BCUT2D eigenvalue weighted by molar-refractivity contribution is 5.91. The quantitative estimate of drug-likeness (QED) is 0.847. The lowest BCUT2D eigenvalue weighted by Crippen LogP contribution is -2.39. The molecular weight excluding hydrogens is 316 g/mol. The second-order valence-electron chi connectivity index (χ2n) is 6.56. The van der Waals surface area contributed by atoms with Gasteiger partial charge in [-0.25, -0.2) is 9.97 Å². The summed E-state index contributed by atoms with van der Waals surface area (Å²) in [6.07, 6.45) is 7.03. The summed E-state index contributed by atoms with van der Waals surface area (Å²) >= 11 is 0. The zero-order valence-electron chi connectivity index (χ0n) is 14.6. The molecule has 1 aliphatic heterocycles. The van der Waals surface area contributed by atoms with E-state index in [1.54, 1.807) is 34.3 Å². The first-order valence-electron chi connectivity index (χ1n) is 8.41. The van der Waals surface area contributed by atoms with Crippen molar-refractivity contribution in [2.75, 3.05) is 31.6 Å². The van der Waals surface area contributed by atoms with Crippen LogP contribution >= 0.6 is 0 Å². The van der Waals surface area contributed by atoms with Crippen LogP contribution in [0.5, 0.6) is 0 Å². The maximum atomic E-state index is 12.4. The van der Waals surface area contributed by atoms with Crippen molar-refractivity contribution in [3.8, 4) is 6.07 Å². The highest BCUT2D eigenvalue weighted by Gasteiger charge is 2.23. The fourth-order valence-electron chi connectivity index (χ4n) is 3.17. The molecule has 130 valence electrons. The van der Waals surface area contributed by atoms with Gasteiger partial charge in [-0.3, -0.25) is 4.79 Å². The summed E-state index contributed by atoms with van der Waals surface area (Å²) in [7, 11) is 3.70. The minimum atomic E-state index is -0.0308. The van der Waals surface area contributed by atoms with Gasteiger partial charge in [0.1, 0.15) is 17.6 Å². The Hall–Kier alpha value is -2.88. The Balaban J connectivity index is 1.51. The molecule has 0 unspecified atom stereocenters. The molecular formula is C18H22N6O. The molecule has 25 heavy (non-hydrogen) atoms. The Kier molecular flexibility index (Phi) is 4.98. The Morgan fingerprint density at radius 2 is 2.12 bits per heavy atom. The normalized spacial score (nSPS) is 15.0. The van der Waals surface area contributed by atoms with E-state index in [0.29, 0.717) is 17.2 Å². The van der Waals surface area contributed by atoms with Crippen molar-refractivity contribution in [1.82, 2.24) is 19.4 Å². The van der Waals surface area contributed by atoms with Crippen molar-refractivity contribution in [2.24, 2.45) is 13.0 Å². The van der Waals surface area contributed by atoms with Gasteiger partial charge in [-0.05, 0) is 30.9 Å². The molecule has 0 aromatic carbocycles. The predicted molar refractivity (Wildman–Crippen MR) is 94.1 cm³/mol. The minimum absolute atomic E-state index is 0.0308. The van der Waals surface area contributed by atoms with Gasteiger partial charge in [0.15, 0.2) is 0 Å². The molecule has 1 aliphatic rings. The molecule has 0 bridgehead atoms. The first-order chi connectivity index (χ1) is 12.1. The van der Waals surface area contributed by atoms with Gasteiger partial charge in [-0.15, -0.1) is 0 Å². The lowest BCUT2D eigenvalue weighted by Gasteiger charge is -2.34. The smallest absolute Gasteiger partial charge is 0.273 e. The first kappa shape index (κ1) is 17.0. The van der Waals surface area contributed by atoms with Gasteiger partial charge in [-0.2, -0.15) is 5.26 Å². The number of hydrogen-bond acceptors (Lipinski definition) is 5. The summed E-state index contributed by atoms with van der Waals surface area (Å²) in [5.74, 6) is 1.36. The van der Waals surface area contributed by atoms with Crippen LogP contribution in [-0.4, -0.2) is 52.0 Å². The monoisotopic (exact) mass is 338 g/mol. The zero-order valence-corrected chi connectivity index (χ0v) is 14.6. The van der Waals surface area contributed by atoms with E-state index in [0.717, 1.165) is 38.3 Å². The molecule has 1 amide bonds. The van der Waals surface area contributed by atoms with Crippen molar-refractivity contribution in [2.45, 2.75) is 12.8 Å². The molecule has 0 atom stereocenters. The number of rotatable bonds is 4. The molecule has 0 N–H and O–H groups in total. The van der Waals surface area contributed by atoms with Crippen LogP contribution in [0.15, 0.2) is 30.9 Å². The number of anilines is 1. The summed E-state index contributed by atoms with van der Waals surface area (Å²) in [6, 6.07) is 5.78. The minimum Gasteiger partial charge on any atom is -0.357 e. The van der Waals surface area contributed by atoms with E-state index in [1.165, 1.54) is 0 Å². The first-order valence-corrected chi connectivity index (χ1v) is 8.41. The summed E-state index contributed by atoms with van der Waals surface area (Å²) < 4.78 is 1.78. The highest BCUT2D eigenvalue weighted by Crippen LogP contribution is 2.22. The molecule has 0 aliphatic carbocycles. The highest BCUT2D eigenvalue weighted by atomic mass is 16.2. The third-order valence-corrected chi connectivity index (χ3v) is 4.62. The second kappa shape index (κ2) is 7.34. The van der Waals surface area contributed by atoms with Crippen LogP contribution in [0, 0.1) is 17.2 Å². The van der Waals surface area contributed by atoms with E-state index in [2.05, 4.69) is 20.9 Å². The van der Waals surface area contributed by atoms with Crippen LogP contribution in [0.2, 0.25) is 0 Å². The van der Waals surface area contributed by atoms with E-state index in [-0.39, 0.29) is 5.91 Å². The largest absolute Gasteiger partial charge is 0.357 e. The van der Waals surface area contributed by atoms with Crippen molar-refractivity contribution < 1.29 is 4.79 Å². The number of amides is 1. The molecule has 1 fully saturated rings. The van der Waals surface area contributed by atoms with Gasteiger partial charge in [0.25, 0.3) is 5.91 Å². The number of aromatic nitrogens is 3. The fraction of sp³-hybridized carbons (Fsp3) is 0.444. The number of carbonyl (C=O) groups excluding carboxylic acids is 1. The summed E-state index contributed by atoms with van der Waals surface area (Å²) in [5, 5.41) is 8.84. The molecule has 0 radical (unpaired) electrons. The molecule has 2 aromatic rings.